The predicted molar refractivity (Wildman–Crippen MR) is 38.6 cm³/mol. The molecule has 0 saturated heterocycles. The summed E-state index contributed by atoms with van der Waals surface area (Å²) in [5, 5.41) is 0. The molecular formula is C6H11ClF3N. The van der Waals surface area contributed by atoms with Crippen molar-refractivity contribution in [2.75, 3.05) is 6.54 Å². The van der Waals surface area contributed by atoms with E-state index >= 15 is 0 Å². The molecule has 1 aliphatic rings. The van der Waals surface area contributed by atoms with Crippen molar-refractivity contribution in [3.8, 4) is 0 Å². The maximum atomic E-state index is 11.9. The second-order valence-electron chi connectivity index (χ2n) is 2.72. The van der Waals surface area contributed by atoms with Gasteiger partial charge in [0.05, 0.1) is 5.92 Å². The topological polar surface area (TPSA) is 26.0 Å². The van der Waals surface area contributed by atoms with Crippen LogP contribution < -0.4 is 5.73 Å². The molecule has 0 aromatic rings. The van der Waals surface area contributed by atoms with Crippen molar-refractivity contribution >= 4 is 12.4 Å². The van der Waals surface area contributed by atoms with Gasteiger partial charge < -0.3 is 5.73 Å². The molecule has 1 rings (SSSR count). The van der Waals surface area contributed by atoms with Gasteiger partial charge in [0, 0.05) is 0 Å². The highest BCUT2D eigenvalue weighted by atomic mass is 35.5. The van der Waals surface area contributed by atoms with Crippen LogP contribution in [0.15, 0.2) is 0 Å². The number of halogens is 4. The van der Waals surface area contributed by atoms with Crippen LogP contribution in [-0.4, -0.2) is 12.7 Å². The van der Waals surface area contributed by atoms with Crippen LogP contribution in [0.5, 0.6) is 0 Å². The van der Waals surface area contributed by atoms with Gasteiger partial charge in [-0.15, -0.1) is 12.4 Å². The van der Waals surface area contributed by atoms with Crippen molar-refractivity contribution in [3.63, 3.8) is 0 Å². The Hall–Kier alpha value is 0.0400. The maximum absolute atomic E-state index is 11.9. The summed E-state index contributed by atoms with van der Waals surface area (Å²) in [5.74, 6) is -1.42. The van der Waals surface area contributed by atoms with Crippen molar-refractivity contribution in [2.45, 2.75) is 19.0 Å². The zero-order valence-electron chi connectivity index (χ0n) is 5.90. The summed E-state index contributed by atoms with van der Waals surface area (Å²) < 4.78 is 35.6. The van der Waals surface area contributed by atoms with Crippen LogP contribution in [0.4, 0.5) is 13.2 Å². The summed E-state index contributed by atoms with van der Waals surface area (Å²) in [6.45, 7) is 0.171. The molecule has 0 aromatic heterocycles. The van der Waals surface area contributed by atoms with Gasteiger partial charge in [-0.2, -0.15) is 13.2 Å². The average Bonchev–Trinajstić information content (AvgIpc) is 1.57. The van der Waals surface area contributed by atoms with Crippen LogP contribution in [0, 0.1) is 11.8 Å². The van der Waals surface area contributed by atoms with Gasteiger partial charge in [0.15, 0.2) is 0 Å². The minimum Gasteiger partial charge on any atom is -0.330 e. The van der Waals surface area contributed by atoms with Crippen molar-refractivity contribution in [1.82, 2.24) is 0 Å². The SMILES string of the molecule is Cl.NC[C@H]1CC[C@H]1C(F)(F)F. The van der Waals surface area contributed by atoms with Crippen LogP contribution in [0.3, 0.4) is 0 Å². The lowest BCUT2D eigenvalue weighted by Crippen LogP contribution is -2.41. The number of nitrogens with two attached hydrogens (primary N) is 1. The molecule has 11 heavy (non-hydrogen) atoms. The van der Waals surface area contributed by atoms with Gasteiger partial charge in [0.1, 0.15) is 0 Å². The minimum atomic E-state index is -4.01. The fraction of sp³-hybridized carbons (Fsp3) is 1.00. The van der Waals surface area contributed by atoms with E-state index in [0.717, 1.165) is 0 Å². The van der Waals surface area contributed by atoms with E-state index in [1.54, 1.807) is 0 Å². The van der Waals surface area contributed by atoms with Crippen LogP contribution in [0.25, 0.3) is 0 Å². The molecule has 1 saturated carbocycles. The van der Waals surface area contributed by atoms with E-state index in [0.29, 0.717) is 6.42 Å². The number of hydrogen-bond donors (Lipinski definition) is 1. The molecule has 1 nitrogen and oxygen atoms in total. The molecule has 1 fully saturated rings. The zero-order valence-corrected chi connectivity index (χ0v) is 6.71. The highest BCUT2D eigenvalue weighted by molar-refractivity contribution is 5.85. The fourth-order valence-corrected chi connectivity index (χ4v) is 1.28. The molecule has 1 aliphatic carbocycles. The van der Waals surface area contributed by atoms with Crippen molar-refractivity contribution in [3.05, 3.63) is 0 Å². The van der Waals surface area contributed by atoms with Gasteiger partial charge in [-0.25, -0.2) is 0 Å². The van der Waals surface area contributed by atoms with E-state index in [9.17, 15) is 13.2 Å². The predicted octanol–water partition coefficient (Wildman–Crippen LogP) is 1.96. The summed E-state index contributed by atoms with van der Waals surface area (Å²) in [4.78, 5) is 0. The highest BCUT2D eigenvalue weighted by Crippen LogP contribution is 2.44. The molecule has 2 atom stereocenters. The molecule has 2 N–H and O–H groups in total. The molecule has 5 heteroatoms. The fourth-order valence-electron chi connectivity index (χ4n) is 1.28. The molecular weight excluding hydrogens is 179 g/mol. The van der Waals surface area contributed by atoms with Gasteiger partial charge in [0.25, 0.3) is 0 Å². The monoisotopic (exact) mass is 189 g/mol. The van der Waals surface area contributed by atoms with Gasteiger partial charge >= 0.3 is 6.18 Å². The molecule has 0 bridgehead atoms. The van der Waals surface area contributed by atoms with E-state index in [-0.39, 0.29) is 31.3 Å². The van der Waals surface area contributed by atoms with E-state index in [1.165, 1.54) is 0 Å². The van der Waals surface area contributed by atoms with Crippen LogP contribution >= 0.6 is 12.4 Å². The molecule has 68 valence electrons. The molecule has 0 aliphatic heterocycles. The Morgan fingerprint density at radius 2 is 1.82 bits per heavy atom. The lowest BCUT2D eigenvalue weighted by Gasteiger charge is -2.36. The van der Waals surface area contributed by atoms with E-state index in [1.807, 2.05) is 0 Å². The van der Waals surface area contributed by atoms with Gasteiger partial charge in [0.2, 0.25) is 0 Å². The van der Waals surface area contributed by atoms with Crippen molar-refractivity contribution in [1.29, 1.82) is 0 Å². The summed E-state index contributed by atoms with van der Waals surface area (Å²) in [6.07, 6.45) is -3.10. The van der Waals surface area contributed by atoms with E-state index < -0.39 is 12.1 Å². The first kappa shape index (κ1) is 11.0. The molecule has 0 radical (unpaired) electrons. The largest absolute Gasteiger partial charge is 0.392 e. The highest BCUT2D eigenvalue weighted by Gasteiger charge is 2.48. The van der Waals surface area contributed by atoms with Gasteiger partial charge in [-0.05, 0) is 25.3 Å². The number of rotatable bonds is 1. The summed E-state index contributed by atoms with van der Waals surface area (Å²) in [7, 11) is 0. The van der Waals surface area contributed by atoms with Crippen molar-refractivity contribution < 1.29 is 13.2 Å². The van der Waals surface area contributed by atoms with E-state index in [2.05, 4.69) is 0 Å². The summed E-state index contributed by atoms with van der Waals surface area (Å²) >= 11 is 0. The van der Waals surface area contributed by atoms with Crippen LogP contribution in [0.2, 0.25) is 0 Å². The standard InChI is InChI=1S/C6H10F3N.ClH/c7-6(8,9)5-2-1-4(5)3-10;/h4-5H,1-3,10H2;1H/t4-,5-;/m1./s1. The molecule has 0 unspecified atom stereocenters. The summed E-state index contributed by atoms with van der Waals surface area (Å²) in [5.41, 5.74) is 5.12. The van der Waals surface area contributed by atoms with Crippen LogP contribution in [-0.2, 0) is 0 Å². The first-order valence-corrected chi connectivity index (χ1v) is 3.32. The Morgan fingerprint density at radius 3 is 1.91 bits per heavy atom. The third-order valence-electron chi connectivity index (χ3n) is 2.14. The average molecular weight is 190 g/mol. The quantitative estimate of drug-likeness (QED) is 0.671. The van der Waals surface area contributed by atoms with Crippen molar-refractivity contribution in [2.24, 2.45) is 17.6 Å². The Balaban J connectivity index is 0.000001000. The van der Waals surface area contributed by atoms with E-state index in [4.69, 9.17) is 5.73 Å². The number of hydrogen-bond acceptors (Lipinski definition) is 1. The lowest BCUT2D eigenvalue weighted by atomic mass is 9.73. The zero-order chi connectivity index (χ0) is 7.78. The second kappa shape index (κ2) is 3.63. The Kier molecular flexibility index (Phi) is 3.64. The first-order chi connectivity index (χ1) is 4.55. The Labute approximate surface area is 69.5 Å². The minimum absolute atomic E-state index is 0. The third-order valence-corrected chi connectivity index (χ3v) is 2.14. The molecule has 0 aromatic carbocycles. The van der Waals surface area contributed by atoms with Gasteiger partial charge in [-0.3, -0.25) is 0 Å². The lowest BCUT2D eigenvalue weighted by molar-refractivity contribution is -0.211. The van der Waals surface area contributed by atoms with Gasteiger partial charge in [-0.1, -0.05) is 0 Å². The molecule has 0 heterocycles. The Bertz CT molecular complexity index is 123. The summed E-state index contributed by atoms with van der Waals surface area (Å²) in [6, 6.07) is 0. The smallest absolute Gasteiger partial charge is 0.330 e. The Morgan fingerprint density at radius 1 is 1.27 bits per heavy atom. The second-order valence-corrected chi connectivity index (χ2v) is 2.72. The van der Waals surface area contributed by atoms with Crippen LogP contribution in [0.1, 0.15) is 12.8 Å². The maximum Gasteiger partial charge on any atom is 0.392 e. The normalized spacial score (nSPS) is 30.5. The molecule has 0 spiro atoms. The number of alkyl halides is 3. The third kappa shape index (κ3) is 2.24. The molecule has 0 amide bonds. The first-order valence-electron chi connectivity index (χ1n) is 3.32.